The number of rotatable bonds is 11. The van der Waals surface area contributed by atoms with E-state index in [2.05, 4.69) is 6.92 Å². The van der Waals surface area contributed by atoms with Crippen LogP contribution in [0.15, 0.2) is 41.3 Å². The maximum Gasteiger partial charge on any atom is 1.00 e. The third-order valence-electron chi connectivity index (χ3n) is 4.79. The number of fused-ring (bicyclic) bond motifs is 1. The van der Waals surface area contributed by atoms with Crippen molar-refractivity contribution in [3.8, 4) is 0 Å². The zero-order valence-electron chi connectivity index (χ0n) is 16.2. The van der Waals surface area contributed by atoms with E-state index < -0.39 is 10.1 Å². The Bertz CT molecular complexity index is 772. The van der Waals surface area contributed by atoms with E-state index in [0.717, 1.165) is 23.8 Å². The summed E-state index contributed by atoms with van der Waals surface area (Å²) in [6.45, 7) is 2.24. The SMILES string of the molecule is CCCCCCCCCCCc1cccc2c(S(=O)(=O)[O-])cccc12.[Na+]. The molecule has 0 aromatic heterocycles. The van der Waals surface area contributed by atoms with Gasteiger partial charge in [-0.15, -0.1) is 0 Å². The molecule has 2 aromatic carbocycles. The van der Waals surface area contributed by atoms with Crippen molar-refractivity contribution in [1.29, 1.82) is 0 Å². The molecule has 0 spiro atoms. The molecule has 5 heteroatoms. The molecule has 0 amide bonds. The molecular weight excluding hydrogens is 355 g/mol. The van der Waals surface area contributed by atoms with Gasteiger partial charge in [0, 0.05) is 0 Å². The van der Waals surface area contributed by atoms with Crippen molar-refractivity contribution in [2.24, 2.45) is 0 Å². The van der Waals surface area contributed by atoms with Crippen LogP contribution in [0.4, 0.5) is 0 Å². The first-order valence-corrected chi connectivity index (χ1v) is 10.9. The minimum absolute atomic E-state index is 0. The first-order valence-electron chi connectivity index (χ1n) is 9.50. The number of hydrogen-bond acceptors (Lipinski definition) is 3. The predicted molar refractivity (Wildman–Crippen MR) is 103 cm³/mol. The van der Waals surface area contributed by atoms with Gasteiger partial charge in [0.25, 0.3) is 0 Å². The van der Waals surface area contributed by atoms with E-state index in [0.29, 0.717) is 5.39 Å². The van der Waals surface area contributed by atoms with Crippen molar-refractivity contribution in [3.63, 3.8) is 0 Å². The van der Waals surface area contributed by atoms with Gasteiger partial charge >= 0.3 is 29.6 Å². The summed E-state index contributed by atoms with van der Waals surface area (Å²) < 4.78 is 34.3. The Morgan fingerprint density at radius 3 is 1.92 bits per heavy atom. The molecule has 0 aliphatic carbocycles. The Kier molecular flexibility index (Phi) is 11.0. The van der Waals surface area contributed by atoms with E-state index in [-0.39, 0.29) is 34.5 Å². The average Bonchev–Trinajstić information content (AvgIpc) is 2.59. The zero-order valence-corrected chi connectivity index (χ0v) is 19.0. The second-order valence-corrected chi connectivity index (χ2v) is 8.15. The summed E-state index contributed by atoms with van der Waals surface area (Å²) in [6, 6.07) is 10.6. The van der Waals surface area contributed by atoms with E-state index in [9.17, 15) is 13.0 Å². The second-order valence-electron chi connectivity index (χ2n) is 6.80. The summed E-state index contributed by atoms with van der Waals surface area (Å²) in [5.41, 5.74) is 1.13. The summed E-state index contributed by atoms with van der Waals surface area (Å²) in [7, 11) is -4.44. The van der Waals surface area contributed by atoms with Gasteiger partial charge in [-0.1, -0.05) is 88.6 Å². The van der Waals surface area contributed by atoms with Gasteiger partial charge in [0.15, 0.2) is 0 Å². The fourth-order valence-electron chi connectivity index (χ4n) is 3.41. The maximum absolute atomic E-state index is 11.4. The second kappa shape index (κ2) is 12.1. The van der Waals surface area contributed by atoms with Crippen LogP contribution >= 0.6 is 0 Å². The summed E-state index contributed by atoms with van der Waals surface area (Å²) in [4.78, 5) is -0.112. The molecule has 0 fully saturated rings. The van der Waals surface area contributed by atoms with Crippen LogP contribution in [0.2, 0.25) is 0 Å². The summed E-state index contributed by atoms with van der Waals surface area (Å²) in [5.74, 6) is 0. The molecule has 0 radical (unpaired) electrons. The minimum Gasteiger partial charge on any atom is -0.744 e. The van der Waals surface area contributed by atoms with Crippen molar-refractivity contribution in [3.05, 3.63) is 42.0 Å². The van der Waals surface area contributed by atoms with Crippen molar-refractivity contribution >= 4 is 20.9 Å². The van der Waals surface area contributed by atoms with Gasteiger partial charge in [0.05, 0.1) is 4.90 Å². The summed E-state index contributed by atoms with van der Waals surface area (Å²) in [6.07, 6.45) is 12.5. The van der Waals surface area contributed by atoms with E-state index in [4.69, 9.17) is 0 Å². The van der Waals surface area contributed by atoms with Crippen LogP contribution < -0.4 is 29.6 Å². The zero-order chi connectivity index (χ0) is 18.1. The molecule has 0 heterocycles. The third-order valence-corrected chi connectivity index (χ3v) is 5.69. The number of unbranched alkanes of at least 4 members (excludes halogenated alkanes) is 8. The number of aryl methyl sites for hydroxylation is 1. The molecule has 0 saturated heterocycles. The molecule has 0 unspecified atom stereocenters. The van der Waals surface area contributed by atoms with E-state index in [1.807, 2.05) is 18.2 Å². The van der Waals surface area contributed by atoms with Gasteiger partial charge in [-0.3, -0.25) is 0 Å². The molecular formula is C21H29NaO3S. The van der Waals surface area contributed by atoms with Gasteiger partial charge < -0.3 is 4.55 Å². The van der Waals surface area contributed by atoms with Gasteiger partial charge in [-0.25, -0.2) is 8.42 Å². The van der Waals surface area contributed by atoms with E-state index in [1.165, 1.54) is 57.4 Å². The van der Waals surface area contributed by atoms with Crippen molar-refractivity contribution in [2.45, 2.75) is 76.0 Å². The monoisotopic (exact) mass is 384 g/mol. The van der Waals surface area contributed by atoms with Crippen LogP contribution in [-0.4, -0.2) is 13.0 Å². The first kappa shape index (κ1) is 23.6. The first-order chi connectivity index (χ1) is 12.0. The molecule has 0 aliphatic rings. The van der Waals surface area contributed by atoms with Crippen molar-refractivity contribution in [2.75, 3.05) is 0 Å². The largest absolute Gasteiger partial charge is 1.00 e. The Morgan fingerprint density at radius 1 is 0.769 bits per heavy atom. The summed E-state index contributed by atoms with van der Waals surface area (Å²) in [5, 5.41) is 1.44. The smallest absolute Gasteiger partial charge is 0.744 e. The van der Waals surface area contributed by atoms with E-state index >= 15 is 0 Å². The molecule has 138 valence electrons. The van der Waals surface area contributed by atoms with Crippen molar-refractivity contribution < 1.29 is 42.5 Å². The van der Waals surface area contributed by atoms with Crippen LogP contribution in [0.3, 0.4) is 0 Å². The van der Waals surface area contributed by atoms with Crippen LogP contribution in [0.5, 0.6) is 0 Å². The molecule has 26 heavy (non-hydrogen) atoms. The molecule has 0 atom stereocenters. The van der Waals surface area contributed by atoms with E-state index in [1.54, 1.807) is 12.1 Å². The standard InChI is InChI=1S/C21H30O3S.Na/c1-2-3-4-5-6-7-8-9-10-13-18-14-11-16-20-19(18)15-12-17-21(20)25(22,23)24;/h11-12,14-17H,2-10,13H2,1H3,(H,22,23,24);/q;+1/p-1. The van der Waals surface area contributed by atoms with Crippen LogP contribution in [0, 0.1) is 0 Å². The molecule has 0 bridgehead atoms. The van der Waals surface area contributed by atoms with Crippen LogP contribution in [0.1, 0.15) is 70.3 Å². The van der Waals surface area contributed by atoms with Crippen LogP contribution in [-0.2, 0) is 16.5 Å². The topological polar surface area (TPSA) is 57.2 Å². The fourth-order valence-corrected chi connectivity index (χ4v) is 4.10. The maximum atomic E-state index is 11.4. The van der Waals surface area contributed by atoms with Crippen molar-refractivity contribution in [1.82, 2.24) is 0 Å². The van der Waals surface area contributed by atoms with Gasteiger partial charge in [-0.2, -0.15) is 0 Å². The number of hydrogen-bond donors (Lipinski definition) is 0. The minimum atomic E-state index is -4.44. The molecule has 0 aliphatic heterocycles. The van der Waals surface area contributed by atoms with Crippen LogP contribution in [0.25, 0.3) is 10.8 Å². The fraction of sp³-hybridized carbons (Fsp3) is 0.524. The predicted octanol–water partition coefficient (Wildman–Crippen LogP) is 2.82. The molecule has 2 aromatic rings. The van der Waals surface area contributed by atoms with Gasteiger partial charge in [-0.05, 0) is 35.2 Å². The molecule has 3 nitrogen and oxygen atoms in total. The molecule has 0 saturated carbocycles. The van der Waals surface area contributed by atoms with Gasteiger partial charge in [0.1, 0.15) is 10.1 Å². The van der Waals surface area contributed by atoms with Gasteiger partial charge in [0.2, 0.25) is 0 Å². The third kappa shape index (κ3) is 7.32. The number of benzene rings is 2. The Labute approximate surface area is 180 Å². The Morgan fingerprint density at radius 2 is 1.31 bits per heavy atom. The quantitative estimate of drug-likeness (QED) is 0.340. The Hall–Kier alpha value is -0.390. The Balaban J connectivity index is 0.00000338. The normalized spacial score (nSPS) is 11.5. The molecule has 2 rings (SSSR count). The average molecular weight is 385 g/mol. The molecule has 0 N–H and O–H groups in total. The summed E-state index contributed by atoms with van der Waals surface area (Å²) >= 11 is 0.